The first-order valence-corrected chi connectivity index (χ1v) is 7.41. The Bertz CT molecular complexity index is 855. The van der Waals surface area contributed by atoms with Gasteiger partial charge in [-0.2, -0.15) is 0 Å². The van der Waals surface area contributed by atoms with Gasteiger partial charge in [-0.25, -0.2) is 4.98 Å². The summed E-state index contributed by atoms with van der Waals surface area (Å²) >= 11 is 6.25. The van der Waals surface area contributed by atoms with Gasteiger partial charge < -0.3 is 9.73 Å². The third-order valence-electron chi connectivity index (χ3n) is 3.34. The summed E-state index contributed by atoms with van der Waals surface area (Å²) in [7, 11) is 0. The zero-order chi connectivity index (χ0) is 15.7. The van der Waals surface area contributed by atoms with E-state index in [-0.39, 0.29) is 13.3 Å². The fourth-order valence-electron chi connectivity index (χ4n) is 2.17. The molecule has 1 amide bonds. The normalized spacial score (nSPS) is 10.4. The van der Waals surface area contributed by atoms with Gasteiger partial charge in [-0.05, 0) is 42.8 Å². The summed E-state index contributed by atoms with van der Waals surface area (Å²) in [4.78, 5) is 16.0. The lowest BCUT2D eigenvalue weighted by Crippen LogP contribution is -2.09. The number of aromatic nitrogens is 1. The molecular weight excluding hydrogens is 312 g/mol. The van der Waals surface area contributed by atoms with Crippen molar-refractivity contribution in [2.75, 3.05) is 5.32 Å². The van der Waals surface area contributed by atoms with Gasteiger partial charge in [0.2, 0.25) is 11.8 Å². The van der Waals surface area contributed by atoms with Crippen LogP contribution >= 0.6 is 11.6 Å². The van der Waals surface area contributed by atoms with Crippen molar-refractivity contribution in [1.82, 2.24) is 4.98 Å². The Morgan fingerprint density at radius 1 is 1.26 bits per heavy atom. The predicted molar refractivity (Wildman–Crippen MR) is 94.8 cm³/mol. The van der Waals surface area contributed by atoms with Crippen molar-refractivity contribution >= 4 is 34.3 Å². The zero-order valence-electron chi connectivity index (χ0n) is 12.3. The van der Waals surface area contributed by atoms with Crippen molar-refractivity contribution in [2.24, 2.45) is 0 Å². The predicted octanol–water partition coefficient (Wildman–Crippen LogP) is 5.44. The Balaban J connectivity index is 0.00000192. The van der Waals surface area contributed by atoms with Crippen LogP contribution in [0.5, 0.6) is 0 Å². The van der Waals surface area contributed by atoms with Gasteiger partial charge in [0.15, 0.2) is 5.58 Å². The lowest BCUT2D eigenvalue weighted by Gasteiger charge is -2.06. The second-order valence-corrected chi connectivity index (χ2v) is 5.49. The van der Waals surface area contributed by atoms with Crippen molar-refractivity contribution in [3.8, 4) is 11.5 Å². The number of aryl methyl sites for hydroxylation is 1. The molecule has 0 unspecified atom stereocenters. The molecule has 4 nitrogen and oxygen atoms in total. The highest BCUT2D eigenvalue weighted by Gasteiger charge is 2.13. The van der Waals surface area contributed by atoms with E-state index in [4.69, 9.17) is 16.0 Å². The van der Waals surface area contributed by atoms with Gasteiger partial charge >= 0.3 is 0 Å². The van der Waals surface area contributed by atoms with Crippen molar-refractivity contribution in [2.45, 2.75) is 27.7 Å². The van der Waals surface area contributed by atoms with E-state index in [0.717, 1.165) is 11.1 Å². The van der Waals surface area contributed by atoms with Crippen LogP contribution in [0.25, 0.3) is 22.6 Å². The van der Waals surface area contributed by atoms with E-state index in [2.05, 4.69) is 10.3 Å². The number of nitrogens with zero attached hydrogens (tertiary/aromatic N) is 1. The molecule has 23 heavy (non-hydrogen) atoms. The molecule has 1 aromatic heterocycles. The van der Waals surface area contributed by atoms with Crippen molar-refractivity contribution in [3.05, 3.63) is 47.0 Å². The molecule has 0 aliphatic heterocycles. The highest BCUT2D eigenvalue weighted by Crippen LogP contribution is 2.32. The first-order chi connectivity index (χ1) is 10.6. The molecule has 1 heterocycles. The Labute approximate surface area is 140 Å². The molecule has 2 aromatic carbocycles. The summed E-state index contributed by atoms with van der Waals surface area (Å²) in [6.07, 6.45) is 0.417. The van der Waals surface area contributed by atoms with Crippen LogP contribution in [0.15, 0.2) is 40.8 Å². The van der Waals surface area contributed by atoms with Gasteiger partial charge in [0, 0.05) is 12.1 Å². The Kier molecular flexibility index (Phi) is 5.06. The van der Waals surface area contributed by atoms with Crippen LogP contribution in [0.4, 0.5) is 5.69 Å². The summed E-state index contributed by atoms with van der Waals surface area (Å²) in [6, 6.07) is 11.1. The maximum absolute atomic E-state index is 11.5. The number of oxazole rings is 1. The monoisotopic (exact) mass is 330 g/mol. The van der Waals surface area contributed by atoms with Gasteiger partial charge in [0.25, 0.3) is 0 Å². The molecule has 0 fully saturated rings. The molecule has 0 bridgehead atoms. The van der Waals surface area contributed by atoms with Gasteiger partial charge in [0.1, 0.15) is 5.52 Å². The van der Waals surface area contributed by atoms with E-state index in [9.17, 15) is 4.79 Å². The third kappa shape index (κ3) is 3.54. The fraction of sp³-hybridized carbons (Fsp3) is 0.222. The van der Waals surface area contributed by atoms with E-state index in [1.165, 1.54) is 0 Å². The summed E-state index contributed by atoms with van der Waals surface area (Å²) < 4.78 is 5.77. The smallest absolute Gasteiger partial charge is 0.228 e. The number of hydrogen-bond donors (Lipinski definition) is 1. The van der Waals surface area contributed by atoms with Gasteiger partial charge in [-0.1, -0.05) is 32.0 Å². The lowest BCUT2D eigenvalue weighted by atomic mass is 10.2. The molecular formula is C18H19ClN2O2. The molecule has 1 N–H and O–H groups in total. The number of carbonyl (C=O) groups excluding carboxylic acids is 1. The largest absolute Gasteiger partial charge is 0.436 e. The van der Waals surface area contributed by atoms with Crippen LogP contribution < -0.4 is 5.32 Å². The molecule has 3 rings (SSSR count). The SMILES string of the molecule is C.CCC(=O)Nc1ccc(Cl)c(-c2nc3cc(C)ccc3o2)c1. The standard InChI is InChI=1S/C17H15ClN2O2.CH4/c1-3-16(21)19-11-5-6-13(18)12(9-11)17-20-14-8-10(2)4-7-15(14)22-17;/h4-9H,3H2,1-2H3,(H,19,21);1H4. The van der Waals surface area contributed by atoms with Crippen LogP contribution in [0.3, 0.4) is 0 Å². The van der Waals surface area contributed by atoms with E-state index in [0.29, 0.717) is 34.2 Å². The maximum Gasteiger partial charge on any atom is 0.228 e. The fourth-order valence-corrected chi connectivity index (χ4v) is 2.37. The molecule has 0 aliphatic carbocycles. The first kappa shape index (κ1) is 17.0. The minimum absolute atomic E-state index is 0. The number of benzene rings is 2. The van der Waals surface area contributed by atoms with E-state index in [1.54, 1.807) is 25.1 Å². The highest BCUT2D eigenvalue weighted by atomic mass is 35.5. The number of amides is 1. The van der Waals surface area contributed by atoms with Gasteiger partial charge in [-0.3, -0.25) is 4.79 Å². The van der Waals surface area contributed by atoms with Crippen LogP contribution in [-0.4, -0.2) is 10.9 Å². The summed E-state index contributed by atoms with van der Waals surface area (Å²) in [5.74, 6) is 0.389. The molecule has 0 atom stereocenters. The minimum atomic E-state index is -0.0542. The van der Waals surface area contributed by atoms with Crippen LogP contribution in [0, 0.1) is 6.92 Å². The molecule has 0 spiro atoms. The molecule has 0 saturated carbocycles. The van der Waals surface area contributed by atoms with Gasteiger partial charge in [0.05, 0.1) is 10.6 Å². The molecule has 3 aromatic rings. The number of nitrogens with one attached hydrogen (secondary N) is 1. The molecule has 0 saturated heterocycles. The van der Waals surface area contributed by atoms with Crippen molar-refractivity contribution < 1.29 is 9.21 Å². The highest BCUT2D eigenvalue weighted by molar-refractivity contribution is 6.33. The minimum Gasteiger partial charge on any atom is -0.436 e. The second-order valence-electron chi connectivity index (χ2n) is 5.09. The summed E-state index contributed by atoms with van der Waals surface area (Å²) in [5.41, 5.74) is 3.94. The molecule has 120 valence electrons. The van der Waals surface area contributed by atoms with E-state index >= 15 is 0 Å². The van der Waals surface area contributed by atoms with Crippen molar-refractivity contribution in [1.29, 1.82) is 0 Å². The molecule has 0 radical (unpaired) electrons. The van der Waals surface area contributed by atoms with E-state index < -0.39 is 0 Å². The third-order valence-corrected chi connectivity index (χ3v) is 3.67. The van der Waals surface area contributed by atoms with Crippen LogP contribution in [0.2, 0.25) is 5.02 Å². The lowest BCUT2D eigenvalue weighted by molar-refractivity contribution is -0.115. The maximum atomic E-state index is 11.5. The number of carbonyl (C=O) groups is 1. The van der Waals surface area contributed by atoms with Gasteiger partial charge in [-0.15, -0.1) is 0 Å². The summed E-state index contributed by atoms with van der Waals surface area (Å²) in [6.45, 7) is 3.80. The number of fused-ring (bicyclic) bond motifs is 1. The van der Waals surface area contributed by atoms with Crippen LogP contribution in [0.1, 0.15) is 26.3 Å². The average molecular weight is 331 g/mol. The van der Waals surface area contributed by atoms with E-state index in [1.807, 2.05) is 25.1 Å². The average Bonchev–Trinajstić information content (AvgIpc) is 2.91. The first-order valence-electron chi connectivity index (χ1n) is 7.04. The topological polar surface area (TPSA) is 55.1 Å². The Hall–Kier alpha value is -2.33. The zero-order valence-corrected chi connectivity index (χ0v) is 13.1. The number of halogens is 1. The summed E-state index contributed by atoms with van der Waals surface area (Å²) in [5, 5.41) is 3.33. The molecule has 0 aliphatic rings. The Morgan fingerprint density at radius 2 is 2.04 bits per heavy atom. The number of anilines is 1. The van der Waals surface area contributed by atoms with Crippen LogP contribution in [-0.2, 0) is 4.79 Å². The quantitative estimate of drug-likeness (QED) is 0.695. The Morgan fingerprint density at radius 3 is 2.78 bits per heavy atom. The number of rotatable bonds is 3. The molecule has 5 heteroatoms. The van der Waals surface area contributed by atoms with Crippen molar-refractivity contribution in [3.63, 3.8) is 0 Å². The second kappa shape index (κ2) is 6.84. The number of hydrogen-bond acceptors (Lipinski definition) is 3.